The number of amides is 2. The summed E-state index contributed by atoms with van der Waals surface area (Å²) in [4.78, 5) is 12.3. The number of benzene rings is 2. The SMILES string of the molecule is CCN(CC)S(=O)(=O)c1ccc2c(c1)nnn2CCNC(=O)Nc1ccc(OC)cc1. The molecule has 0 spiro atoms. The van der Waals surface area contributed by atoms with Crippen molar-refractivity contribution in [1.29, 1.82) is 0 Å². The maximum atomic E-state index is 12.7. The summed E-state index contributed by atoms with van der Waals surface area (Å²) < 4.78 is 33.5. The number of nitrogens with one attached hydrogen (secondary N) is 2. The van der Waals surface area contributed by atoms with E-state index >= 15 is 0 Å². The van der Waals surface area contributed by atoms with Gasteiger partial charge in [-0.2, -0.15) is 4.31 Å². The number of hydrogen-bond acceptors (Lipinski definition) is 6. The van der Waals surface area contributed by atoms with Crippen molar-refractivity contribution in [2.24, 2.45) is 0 Å². The predicted octanol–water partition coefficient (Wildman–Crippen LogP) is 2.29. The number of anilines is 1. The van der Waals surface area contributed by atoms with Crippen LogP contribution in [0.15, 0.2) is 47.4 Å². The third-order valence-electron chi connectivity index (χ3n) is 4.79. The fourth-order valence-corrected chi connectivity index (χ4v) is 4.59. The Labute approximate surface area is 181 Å². The highest BCUT2D eigenvalue weighted by Crippen LogP contribution is 2.20. The molecule has 0 radical (unpaired) electrons. The Morgan fingerprint density at radius 1 is 1.13 bits per heavy atom. The molecule has 0 bridgehead atoms. The summed E-state index contributed by atoms with van der Waals surface area (Å²) in [5, 5.41) is 13.6. The van der Waals surface area contributed by atoms with E-state index in [-0.39, 0.29) is 10.9 Å². The average molecular weight is 447 g/mol. The van der Waals surface area contributed by atoms with Gasteiger partial charge in [0.1, 0.15) is 11.3 Å². The minimum Gasteiger partial charge on any atom is -0.497 e. The van der Waals surface area contributed by atoms with Gasteiger partial charge in [-0.3, -0.25) is 0 Å². The fraction of sp³-hybridized carbons (Fsp3) is 0.350. The van der Waals surface area contributed by atoms with E-state index in [1.165, 1.54) is 10.4 Å². The highest BCUT2D eigenvalue weighted by atomic mass is 32.2. The molecule has 0 aliphatic heterocycles. The standard InChI is InChI=1S/C20H26N6O4S/c1-4-25(5-2)31(28,29)17-10-11-19-18(14-17)23-24-26(19)13-12-21-20(27)22-15-6-8-16(30-3)9-7-15/h6-11,14H,4-5,12-13H2,1-3H3,(H2,21,22,27). The molecule has 0 atom stereocenters. The third-order valence-corrected chi connectivity index (χ3v) is 6.83. The molecular formula is C20H26N6O4S. The largest absolute Gasteiger partial charge is 0.497 e. The molecule has 0 aliphatic rings. The Hall–Kier alpha value is -3.18. The molecule has 11 heteroatoms. The number of fused-ring (bicyclic) bond motifs is 1. The Morgan fingerprint density at radius 3 is 2.48 bits per heavy atom. The van der Waals surface area contributed by atoms with E-state index < -0.39 is 10.0 Å². The molecule has 0 saturated heterocycles. The number of ether oxygens (including phenoxy) is 1. The second kappa shape index (κ2) is 9.75. The Kier molecular flexibility index (Phi) is 7.08. The van der Waals surface area contributed by atoms with Crippen LogP contribution in [0.3, 0.4) is 0 Å². The van der Waals surface area contributed by atoms with Crippen LogP contribution in [-0.2, 0) is 16.6 Å². The van der Waals surface area contributed by atoms with Crippen molar-refractivity contribution in [3.63, 3.8) is 0 Å². The molecule has 166 valence electrons. The summed E-state index contributed by atoms with van der Waals surface area (Å²) in [5.74, 6) is 0.706. The van der Waals surface area contributed by atoms with E-state index in [2.05, 4.69) is 20.9 Å². The number of sulfonamides is 1. The van der Waals surface area contributed by atoms with Gasteiger partial charge < -0.3 is 15.4 Å². The lowest BCUT2D eigenvalue weighted by Gasteiger charge is -2.18. The van der Waals surface area contributed by atoms with Crippen LogP contribution in [0, 0.1) is 0 Å². The van der Waals surface area contributed by atoms with Gasteiger partial charge in [-0.15, -0.1) is 5.10 Å². The molecule has 0 saturated carbocycles. The van der Waals surface area contributed by atoms with Gasteiger partial charge in [0.05, 0.1) is 24.1 Å². The van der Waals surface area contributed by atoms with Crippen LogP contribution in [0.25, 0.3) is 11.0 Å². The maximum Gasteiger partial charge on any atom is 0.319 e. The first-order valence-electron chi connectivity index (χ1n) is 9.91. The van der Waals surface area contributed by atoms with Gasteiger partial charge in [-0.25, -0.2) is 17.9 Å². The molecule has 2 aromatic carbocycles. The lowest BCUT2D eigenvalue weighted by Crippen LogP contribution is -2.31. The monoisotopic (exact) mass is 446 g/mol. The quantitative estimate of drug-likeness (QED) is 0.521. The second-order valence-corrected chi connectivity index (χ2v) is 8.60. The zero-order valence-electron chi connectivity index (χ0n) is 17.7. The van der Waals surface area contributed by atoms with E-state index in [9.17, 15) is 13.2 Å². The third kappa shape index (κ3) is 5.12. The number of carbonyl (C=O) groups excluding carboxylic acids is 1. The first-order valence-corrected chi connectivity index (χ1v) is 11.3. The van der Waals surface area contributed by atoms with E-state index in [1.807, 2.05) is 0 Å². The number of carbonyl (C=O) groups is 1. The van der Waals surface area contributed by atoms with Crippen LogP contribution in [-0.4, -0.2) is 60.5 Å². The minimum absolute atomic E-state index is 0.188. The van der Waals surface area contributed by atoms with Crippen molar-refractivity contribution in [1.82, 2.24) is 24.6 Å². The molecule has 3 aromatic rings. The first-order chi connectivity index (χ1) is 14.9. The lowest BCUT2D eigenvalue weighted by atomic mass is 10.3. The van der Waals surface area contributed by atoms with Gasteiger partial charge in [0.2, 0.25) is 10.0 Å². The van der Waals surface area contributed by atoms with Crippen LogP contribution in [0.5, 0.6) is 5.75 Å². The first kappa shape index (κ1) is 22.5. The van der Waals surface area contributed by atoms with Crippen LogP contribution < -0.4 is 15.4 Å². The molecule has 1 aromatic heterocycles. The van der Waals surface area contributed by atoms with E-state index in [0.29, 0.717) is 48.6 Å². The van der Waals surface area contributed by atoms with Gasteiger partial charge in [-0.1, -0.05) is 19.1 Å². The number of rotatable bonds is 9. The molecule has 2 N–H and O–H groups in total. The summed E-state index contributed by atoms with van der Waals surface area (Å²) in [6, 6.07) is 11.4. The molecular weight excluding hydrogens is 420 g/mol. The smallest absolute Gasteiger partial charge is 0.319 e. The number of nitrogens with zero attached hydrogens (tertiary/aromatic N) is 4. The highest BCUT2D eigenvalue weighted by molar-refractivity contribution is 7.89. The van der Waals surface area contributed by atoms with Crippen molar-refractivity contribution in [3.05, 3.63) is 42.5 Å². The molecule has 0 unspecified atom stereocenters. The van der Waals surface area contributed by atoms with Crippen molar-refractivity contribution >= 4 is 32.8 Å². The molecule has 0 fully saturated rings. The molecule has 10 nitrogen and oxygen atoms in total. The van der Waals surface area contributed by atoms with Crippen LogP contribution in [0.1, 0.15) is 13.8 Å². The van der Waals surface area contributed by atoms with Gasteiger partial charge in [0, 0.05) is 25.3 Å². The molecule has 3 rings (SSSR count). The van der Waals surface area contributed by atoms with E-state index in [4.69, 9.17) is 4.74 Å². The van der Waals surface area contributed by atoms with Crippen molar-refractivity contribution in [2.45, 2.75) is 25.3 Å². The van der Waals surface area contributed by atoms with Crippen molar-refractivity contribution < 1.29 is 17.9 Å². The average Bonchev–Trinajstić information content (AvgIpc) is 3.17. The number of aromatic nitrogens is 3. The van der Waals surface area contributed by atoms with Crippen LogP contribution >= 0.6 is 0 Å². The Bertz CT molecular complexity index is 1140. The van der Waals surface area contributed by atoms with Crippen LogP contribution in [0.4, 0.5) is 10.5 Å². The van der Waals surface area contributed by atoms with E-state index in [0.717, 1.165) is 0 Å². The summed E-state index contributed by atoms with van der Waals surface area (Å²) in [6.07, 6.45) is 0. The van der Waals surface area contributed by atoms with Gasteiger partial charge in [-0.05, 0) is 42.5 Å². The van der Waals surface area contributed by atoms with Crippen molar-refractivity contribution in [2.75, 3.05) is 32.1 Å². The lowest BCUT2D eigenvalue weighted by molar-refractivity contribution is 0.251. The molecule has 1 heterocycles. The van der Waals surface area contributed by atoms with Gasteiger partial charge in [0.15, 0.2) is 0 Å². The van der Waals surface area contributed by atoms with Crippen molar-refractivity contribution in [3.8, 4) is 5.75 Å². The zero-order valence-corrected chi connectivity index (χ0v) is 18.5. The number of urea groups is 1. The predicted molar refractivity (Wildman–Crippen MR) is 118 cm³/mol. The number of methoxy groups -OCH3 is 1. The van der Waals surface area contributed by atoms with Gasteiger partial charge >= 0.3 is 6.03 Å². The Balaban J connectivity index is 1.61. The maximum absolute atomic E-state index is 12.7. The summed E-state index contributed by atoms with van der Waals surface area (Å²) >= 11 is 0. The summed E-state index contributed by atoms with van der Waals surface area (Å²) in [5.41, 5.74) is 1.82. The van der Waals surface area contributed by atoms with Crippen LogP contribution in [0.2, 0.25) is 0 Å². The zero-order chi connectivity index (χ0) is 22.4. The molecule has 0 aliphatic carbocycles. The summed E-state index contributed by atoms with van der Waals surface area (Å²) in [7, 11) is -1.99. The normalized spacial score (nSPS) is 11.6. The van der Waals surface area contributed by atoms with Gasteiger partial charge in [0.25, 0.3) is 0 Å². The number of hydrogen-bond donors (Lipinski definition) is 2. The molecule has 31 heavy (non-hydrogen) atoms. The fourth-order valence-electron chi connectivity index (χ4n) is 3.12. The highest BCUT2D eigenvalue weighted by Gasteiger charge is 2.22. The topological polar surface area (TPSA) is 118 Å². The Morgan fingerprint density at radius 2 is 1.84 bits per heavy atom. The molecule has 2 amide bonds. The van der Waals surface area contributed by atoms with E-state index in [1.54, 1.807) is 62.0 Å². The second-order valence-electron chi connectivity index (χ2n) is 6.66. The minimum atomic E-state index is -3.56. The summed E-state index contributed by atoms with van der Waals surface area (Å²) in [6.45, 7) is 5.09.